The highest BCUT2D eigenvalue weighted by molar-refractivity contribution is 5.67. The molecule has 0 aromatic carbocycles. The highest BCUT2D eigenvalue weighted by Gasteiger charge is 2.43. The second-order valence-electron chi connectivity index (χ2n) is 31.3. The molecule has 0 saturated carbocycles. The zero-order valence-corrected chi connectivity index (χ0v) is 66.6. The third-order valence-electron chi connectivity index (χ3n) is 22.1. The maximum Gasteiger partial charge on any atom is 0.258 e. The van der Waals surface area contributed by atoms with Crippen LogP contribution in [0.2, 0.25) is 0 Å². The number of piperazine rings is 3. The van der Waals surface area contributed by atoms with Crippen molar-refractivity contribution in [3.05, 3.63) is 210 Å². The van der Waals surface area contributed by atoms with Gasteiger partial charge in [-0.1, -0.05) is 0 Å². The van der Waals surface area contributed by atoms with Crippen LogP contribution in [0.3, 0.4) is 0 Å². The van der Waals surface area contributed by atoms with Gasteiger partial charge in [0.05, 0.1) is 45.5 Å². The number of hydrogen-bond donors (Lipinski definition) is 3. The molecule has 0 amide bonds. The van der Waals surface area contributed by atoms with Crippen molar-refractivity contribution in [1.29, 1.82) is 0 Å². The SMILES string of the molecule is Cc1nc2ccc(-c3cc(=O)n4cc(N5CC6(CCNCC6)C5)ccc4n3)nn2n1.Cc1nc2ccc(-c3cc(=O)n4cc(N5CCN(C)CC5)ccc4n3)nn2n1.Cc1nc2ccc(-c3cc(=O)n4cc(N5CCN[C@H](C)C5)cc(C)c4n3)nn2n1.Cc1nc2ccc(-c3cc(=O)n4cc(N5C[C@H](C)N[C@@H](C)C5)cc(C)c4n3)nn2n1. The lowest BCUT2D eigenvalue weighted by Crippen LogP contribution is -2.60. The Morgan fingerprint density at radius 3 is 1.13 bits per heavy atom. The third-order valence-corrected chi connectivity index (χ3v) is 22.1. The second kappa shape index (κ2) is 30.5. The van der Waals surface area contributed by atoms with Crippen molar-refractivity contribution in [2.24, 2.45) is 5.41 Å². The molecule has 117 heavy (non-hydrogen) atoms. The summed E-state index contributed by atoms with van der Waals surface area (Å²) in [6.45, 7) is 30.6. The van der Waals surface area contributed by atoms with E-state index in [-0.39, 0.29) is 22.2 Å². The largest absolute Gasteiger partial charge is 0.369 e. The molecule has 1 spiro atoms. The Hall–Kier alpha value is -13.3. The number of hydrogen-bond acceptors (Lipinski definition) is 28. The summed E-state index contributed by atoms with van der Waals surface area (Å²) < 4.78 is 12.3. The normalized spacial score (nSPS) is 17.7. The Kier molecular flexibility index (Phi) is 19.5. The minimum Gasteiger partial charge on any atom is -0.369 e. The average molecular weight is 1570 g/mol. The fourth-order valence-corrected chi connectivity index (χ4v) is 16.2. The van der Waals surface area contributed by atoms with Gasteiger partial charge >= 0.3 is 0 Å². The van der Waals surface area contributed by atoms with E-state index in [1.165, 1.54) is 55.6 Å². The van der Waals surface area contributed by atoms with Gasteiger partial charge in [0, 0.05) is 145 Å². The number of fused-ring (bicyclic) bond motifs is 8. The van der Waals surface area contributed by atoms with Crippen molar-refractivity contribution in [2.45, 2.75) is 93.3 Å². The van der Waals surface area contributed by atoms with Crippen molar-refractivity contribution in [3.8, 4) is 45.6 Å². The van der Waals surface area contributed by atoms with E-state index in [1.54, 1.807) is 23.7 Å². The van der Waals surface area contributed by atoms with Gasteiger partial charge in [-0.25, -0.2) is 39.9 Å². The van der Waals surface area contributed by atoms with Gasteiger partial charge in [0.15, 0.2) is 22.6 Å². The molecule has 5 aliphatic heterocycles. The zero-order valence-electron chi connectivity index (χ0n) is 66.6. The average Bonchev–Trinajstić information content (AvgIpc) is 1.10. The van der Waals surface area contributed by atoms with Gasteiger partial charge < -0.3 is 40.4 Å². The fraction of sp³-hybridized carbons (Fsp3) is 0.358. The molecule has 3 atom stereocenters. The van der Waals surface area contributed by atoms with Gasteiger partial charge in [0.1, 0.15) is 68.7 Å². The predicted molar refractivity (Wildman–Crippen MR) is 444 cm³/mol. The van der Waals surface area contributed by atoms with Crippen LogP contribution >= 0.6 is 0 Å². The molecule has 21 heterocycles. The smallest absolute Gasteiger partial charge is 0.258 e. The van der Waals surface area contributed by atoms with Gasteiger partial charge in [0.25, 0.3) is 22.2 Å². The Bertz CT molecular complexity index is 6780. The maximum atomic E-state index is 13.0. The summed E-state index contributed by atoms with van der Waals surface area (Å²) in [5.41, 5.74) is 15.6. The lowest BCUT2D eigenvalue weighted by molar-refractivity contribution is 0.150. The number of piperidine rings is 1. The summed E-state index contributed by atoms with van der Waals surface area (Å²) in [6.07, 6.45) is 10.0. The van der Waals surface area contributed by atoms with Crippen LogP contribution in [0.25, 0.3) is 90.7 Å². The topological polar surface area (TPSA) is 362 Å². The molecule has 36 heteroatoms. The van der Waals surface area contributed by atoms with E-state index in [0.29, 0.717) is 138 Å². The third kappa shape index (κ3) is 15.3. The summed E-state index contributed by atoms with van der Waals surface area (Å²) in [4.78, 5) is 99.0. The van der Waals surface area contributed by atoms with Crippen LogP contribution in [-0.2, 0) is 0 Å². The summed E-state index contributed by atoms with van der Waals surface area (Å²) >= 11 is 0. The first-order chi connectivity index (χ1) is 56.5. The van der Waals surface area contributed by atoms with E-state index in [2.05, 4.69) is 157 Å². The molecule has 0 bridgehead atoms. The van der Waals surface area contributed by atoms with Gasteiger partial charge in [-0.05, 0) is 191 Å². The minimum atomic E-state index is -0.132. The van der Waals surface area contributed by atoms with E-state index in [1.807, 2.05) is 127 Å². The lowest BCUT2D eigenvalue weighted by atomic mass is 9.72. The van der Waals surface area contributed by atoms with Crippen molar-refractivity contribution in [3.63, 3.8) is 0 Å². The van der Waals surface area contributed by atoms with Gasteiger partial charge in [-0.2, -0.15) is 0 Å². The molecule has 0 radical (unpaired) electrons. The first-order valence-electron chi connectivity index (χ1n) is 39.4. The Labute approximate surface area is 668 Å². The second-order valence-corrected chi connectivity index (χ2v) is 31.3. The molecule has 596 valence electrons. The van der Waals surface area contributed by atoms with Crippen LogP contribution in [0.4, 0.5) is 22.7 Å². The number of pyridine rings is 4. The molecule has 3 N–H and O–H groups in total. The summed E-state index contributed by atoms with van der Waals surface area (Å²) in [5, 5.41) is 45.2. The summed E-state index contributed by atoms with van der Waals surface area (Å²) in [7, 11) is 2.12. The van der Waals surface area contributed by atoms with Crippen LogP contribution in [0.5, 0.6) is 0 Å². The number of aryl methyl sites for hydroxylation is 6. The molecule has 36 nitrogen and oxygen atoms in total. The summed E-state index contributed by atoms with van der Waals surface area (Å²) in [6, 6.07) is 33.9. The molecule has 5 fully saturated rings. The van der Waals surface area contributed by atoms with Gasteiger partial charge in [-0.3, -0.25) is 36.8 Å². The van der Waals surface area contributed by atoms with Crippen LogP contribution in [0.15, 0.2) is 153 Å². The molecule has 5 aliphatic rings. The number of nitrogens with zero attached hydrogens (tertiary/aromatic N) is 29. The first kappa shape index (κ1) is 75.1. The van der Waals surface area contributed by atoms with E-state index in [0.717, 1.165) is 119 Å². The standard InChI is InChI=1S/C21H22N8O.C21H24N8O.C20H22N8O.C19H20N8O/c1-14-23-19-5-3-16(26-29(19)25-14)17-10-20(30)28-11-15(2-4-18(28)24-17)27-12-21(13-27)6-8-22-9-7-21;1-12-7-16(27-9-13(2)22-14(3)10-27)11-28-20(30)8-18(24-21(12)28)17-5-6-19-23-15(4)25-29(19)26-17;1-12-8-15(26-7-6-21-13(2)10-26)11-27-19(29)9-17(23-20(12)27)16-4-5-18-22-14(3)24-28(18)25-16;1-13-20-18-6-4-15(23-27(18)22-13)16-11-19(28)26-12-14(3-5-17(26)21-16)25-9-7-24(2)8-10-25/h2-5,10-11,22H,6-9,12-13H2,1H3;5-8,11,13-14,22H,9-10H2,1-4H3;4-5,8-9,11,13,21H,6-7,10H2,1-3H3;3-6,11-12H,7-10H2,1-2H3/t;13-,14-;13-;/m.01./s1. The predicted octanol–water partition coefficient (Wildman–Crippen LogP) is 4.97. The highest BCUT2D eigenvalue weighted by atomic mass is 16.1. The first-order valence-corrected chi connectivity index (χ1v) is 39.4. The number of aromatic nitrogens is 24. The molecular formula is C81H88N32O4. The number of anilines is 4. The van der Waals surface area contributed by atoms with Crippen LogP contribution in [0.1, 0.15) is 68.0 Å². The van der Waals surface area contributed by atoms with Crippen LogP contribution < -0.4 is 57.8 Å². The Morgan fingerprint density at radius 1 is 0.342 bits per heavy atom. The number of nitrogens with one attached hydrogen (secondary N) is 3. The fourth-order valence-electron chi connectivity index (χ4n) is 16.2. The van der Waals surface area contributed by atoms with Gasteiger partial charge in [-0.15, -0.1) is 59.3 Å². The zero-order chi connectivity index (χ0) is 80.7. The van der Waals surface area contributed by atoms with Crippen molar-refractivity contribution < 1.29 is 0 Å². The van der Waals surface area contributed by atoms with E-state index < -0.39 is 0 Å². The number of rotatable bonds is 8. The minimum absolute atomic E-state index is 0.120. The van der Waals surface area contributed by atoms with E-state index >= 15 is 0 Å². The molecule has 21 rings (SSSR count). The molecule has 0 unspecified atom stereocenters. The molecular weight excluding hydrogens is 1490 g/mol. The van der Waals surface area contributed by atoms with E-state index in [9.17, 15) is 19.2 Å². The number of likely N-dealkylation sites (N-methyl/N-ethyl adjacent to an activating group) is 1. The lowest BCUT2D eigenvalue weighted by Gasteiger charge is -2.53. The van der Waals surface area contributed by atoms with Crippen molar-refractivity contribution in [2.75, 3.05) is 112 Å². The maximum absolute atomic E-state index is 13.0. The molecule has 16 aromatic heterocycles. The van der Waals surface area contributed by atoms with E-state index in [4.69, 9.17) is 9.97 Å². The molecule has 5 saturated heterocycles. The monoisotopic (exact) mass is 1570 g/mol. The highest BCUT2D eigenvalue weighted by Crippen LogP contribution is 2.41. The quantitative estimate of drug-likeness (QED) is 0.181. The van der Waals surface area contributed by atoms with Crippen molar-refractivity contribution in [1.82, 2.24) is 138 Å². The van der Waals surface area contributed by atoms with Gasteiger partial charge in [0.2, 0.25) is 0 Å². The van der Waals surface area contributed by atoms with Crippen LogP contribution in [-0.4, -0.2) is 232 Å². The van der Waals surface area contributed by atoms with Crippen molar-refractivity contribution >= 4 is 67.9 Å². The van der Waals surface area contributed by atoms with Crippen LogP contribution in [0, 0.1) is 47.0 Å². The summed E-state index contributed by atoms with van der Waals surface area (Å²) in [5.74, 6) is 2.58. The molecule has 0 aliphatic carbocycles. The Morgan fingerprint density at radius 2 is 0.709 bits per heavy atom. The Balaban J connectivity index is 0.000000108. The molecule has 16 aromatic rings.